The van der Waals surface area contributed by atoms with Gasteiger partial charge in [0.25, 0.3) is 0 Å². The second-order valence-electron chi connectivity index (χ2n) is 5.54. The van der Waals surface area contributed by atoms with Crippen molar-refractivity contribution in [2.24, 2.45) is 0 Å². The lowest BCUT2D eigenvalue weighted by atomic mass is 10.1. The van der Waals surface area contributed by atoms with Crippen LogP contribution in [0.25, 0.3) is 0 Å². The van der Waals surface area contributed by atoms with Crippen molar-refractivity contribution in [1.82, 2.24) is 15.2 Å². The number of halogens is 3. The Hall–Kier alpha value is -2.03. The monoisotopic (exact) mass is 346 g/mol. The maximum Gasteiger partial charge on any atom is 0.417 e. The molecule has 24 heavy (non-hydrogen) atoms. The van der Waals surface area contributed by atoms with Gasteiger partial charge in [-0.3, -0.25) is 0 Å². The Morgan fingerprint density at radius 2 is 2.04 bits per heavy atom. The molecule has 0 spiro atoms. The Morgan fingerprint density at radius 3 is 2.58 bits per heavy atom. The highest BCUT2D eigenvalue weighted by atomic mass is 19.4. The van der Waals surface area contributed by atoms with Crippen LogP contribution >= 0.6 is 0 Å². The van der Waals surface area contributed by atoms with Crippen molar-refractivity contribution in [2.45, 2.75) is 25.1 Å². The molecule has 1 saturated heterocycles. The van der Waals surface area contributed by atoms with Crippen molar-refractivity contribution in [3.05, 3.63) is 23.9 Å². The quantitative estimate of drug-likeness (QED) is 0.801. The Morgan fingerprint density at radius 1 is 1.33 bits per heavy atom. The summed E-state index contributed by atoms with van der Waals surface area (Å²) in [6.45, 7) is 2.51. The number of aromatic nitrogens is 1. The lowest BCUT2D eigenvalue weighted by Gasteiger charge is -2.31. The summed E-state index contributed by atoms with van der Waals surface area (Å²) in [6, 6.07) is 2.64. The molecule has 2 N–H and O–H groups in total. The molecule has 2 rings (SSSR count). The molecule has 1 fully saturated rings. The summed E-state index contributed by atoms with van der Waals surface area (Å²) >= 11 is 0. The number of rotatable bonds is 5. The number of likely N-dealkylation sites (tertiary alicyclic amines) is 1. The van der Waals surface area contributed by atoms with E-state index in [1.165, 1.54) is 13.2 Å². The van der Waals surface area contributed by atoms with Gasteiger partial charge in [-0.25, -0.2) is 9.78 Å². The first-order valence-corrected chi connectivity index (χ1v) is 7.73. The number of hydrogen-bond donors (Lipinski definition) is 2. The largest absolute Gasteiger partial charge is 0.453 e. The molecule has 1 aromatic heterocycles. The van der Waals surface area contributed by atoms with E-state index in [0.29, 0.717) is 38.0 Å². The van der Waals surface area contributed by atoms with Gasteiger partial charge in [0.2, 0.25) is 0 Å². The van der Waals surface area contributed by atoms with Crippen LogP contribution in [0.4, 0.5) is 23.8 Å². The van der Waals surface area contributed by atoms with Crippen LogP contribution in [-0.2, 0) is 10.9 Å². The molecular weight excluding hydrogens is 325 g/mol. The fourth-order valence-electron chi connectivity index (χ4n) is 2.53. The molecule has 0 unspecified atom stereocenters. The fraction of sp³-hybridized carbons (Fsp3) is 0.600. The highest BCUT2D eigenvalue weighted by molar-refractivity contribution is 5.67. The van der Waals surface area contributed by atoms with E-state index in [0.717, 1.165) is 25.1 Å². The average molecular weight is 346 g/mol. The summed E-state index contributed by atoms with van der Waals surface area (Å²) in [4.78, 5) is 16.8. The standard InChI is InChI=1S/C15H21F3N4O2/c1-24-14(23)22-8-4-12(5-9-22)19-6-7-20-13-3-2-11(10-21-13)15(16,17)18/h2-3,10,12,19H,4-9H2,1H3,(H,20,21). The zero-order chi connectivity index (χ0) is 17.6. The molecule has 0 bridgehead atoms. The van der Waals surface area contributed by atoms with Crippen LogP contribution in [0.15, 0.2) is 18.3 Å². The molecule has 9 heteroatoms. The van der Waals surface area contributed by atoms with Crippen molar-refractivity contribution in [3.63, 3.8) is 0 Å². The number of nitrogens with one attached hydrogen (secondary N) is 2. The third-order valence-corrected chi connectivity index (χ3v) is 3.88. The van der Waals surface area contributed by atoms with Crippen molar-refractivity contribution in [1.29, 1.82) is 0 Å². The summed E-state index contributed by atoms with van der Waals surface area (Å²) in [7, 11) is 1.37. The minimum Gasteiger partial charge on any atom is -0.453 e. The van der Waals surface area contributed by atoms with E-state index in [1.54, 1.807) is 4.90 Å². The number of methoxy groups -OCH3 is 1. The number of amides is 1. The molecule has 0 aromatic carbocycles. The molecule has 2 heterocycles. The summed E-state index contributed by atoms with van der Waals surface area (Å²) in [6.07, 6.45) is -2.17. The van der Waals surface area contributed by atoms with Crippen LogP contribution in [0.5, 0.6) is 0 Å². The van der Waals surface area contributed by atoms with Gasteiger partial charge in [-0.05, 0) is 25.0 Å². The Labute approximate surface area is 138 Å². The number of carbonyl (C=O) groups is 1. The van der Waals surface area contributed by atoms with Gasteiger partial charge in [-0.1, -0.05) is 0 Å². The molecular formula is C15H21F3N4O2. The molecule has 0 radical (unpaired) electrons. The van der Waals surface area contributed by atoms with Gasteiger partial charge in [0, 0.05) is 38.4 Å². The SMILES string of the molecule is COC(=O)N1CCC(NCCNc2ccc(C(F)(F)F)cn2)CC1. The molecule has 1 amide bonds. The first-order chi connectivity index (χ1) is 11.4. The van der Waals surface area contributed by atoms with Gasteiger partial charge in [0.1, 0.15) is 5.82 Å². The Kier molecular flexibility index (Phi) is 6.24. The van der Waals surface area contributed by atoms with E-state index < -0.39 is 11.7 Å². The number of piperidine rings is 1. The third-order valence-electron chi connectivity index (χ3n) is 3.88. The zero-order valence-electron chi connectivity index (χ0n) is 13.4. The second kappa shape index (κ2) is 8.18. The highest BCUT2D eigenvalue weighted by Gasteiger charge is 2.30. The molecule has 0 saturated carbocycles. The van der Waals surface area contributed by atoms with Crippen LogP contribution in [0.2, 0.25) is 0 Å². The number of anilines is 1. The molecule has 0 aliphatic carbocycles. The second-order valence-corrected chi connectivity index (χ2v) is 5.54. The third kappa shape index (κ3) is 5.26. The van der Waals surface area contributed by atoms with Gasteiger partial charge in [-0.15, -0.1) is 0 Å². The minimum atomic E-state index is -4.37. The molecule has 6 nitrogen and oxygen atoms in total. The van der Waals surface area contributed by atoms with Crippen LogP contribution < -0.4 is 10.6 Å². The molecule has 0 atom stereocenters. The molecule has 1 aliphatic heterocycles. The molecule has 1 aliphatic rings. The lowest BCUT2D eigenvalue weighted by molar-refractivity contribution is -0.137. The maximum absolute atomic E-state index is 12.4. The van der Waals surface area contributed by atoms with Gasteiger partial charge >= 0.3 is 12.3 Å². The van der Waals surface area contributed by atoms with Crippen molar-refractivity contribution < 1.29 is 22.7 Å². The number of alkyl halides is 3. The van der Waals surface area contributed by atoms with Crippen molar-refractivity contribution in [3.8, 4) is 0 Å². The van der Waals surface area contributed by atoms with Gasteiger partial charge in [-0.2, -0.15) is 13.2 Å². The summed E-state index contributed by atoms with van der Waals surface area (Å²) < 4.78 is 42.0. The topological polar surface area (TPSA) is 66.5 Å². The predicted molar refractivity (Wildman–Crippen MR) is 82.7 cm³/mol. The first-order valence-electron chi connectivity index (χ1n) is 7.73. The maximum atomic E-state index is 12.4. The number of ether oxygens (including phenoxy) is 1. The molecule has 1 aromatic rings. The summed E-state index contributed by atoms with van der Waals surface area (Å²) in [5.41, 5.74) is -0.761. The van der Waals surface area contributed by atoms with Gasteiger partial charge in [0.15, 0.2) is 0 Å². The van der Waals surface area contributed by atoms with E-state index in [-0.39, 0.29) is 6.09 Å². The average Bonchev–Trinajstić information content (AvgIpc) is 2.58. The number of carbonyl (C=O) groups excluding carboxylic acids is 1. The molecule has 134 valence electrons. The van der Waals surface area contributed by atoms with Crippen molar-refractivity contribution in [2.75, 3.05) is 38.6 Å². The van der Waals surface area contributed by atoms with Crippen LogP contribution in [-0.4, -0.2) is 55.3 Å². The summed E-state index contributed by atoms with van der Waals surface area (Å²) in [5, 5.41) is 6.33. The summed E-state index contributed by atoms with van der Waals surface area (Å²) in [5.74, 6) is 0.408. The van der Waals surface area contributed by atoms with E-state index in [2.05, 4.69) is 20.4 Å². The van der Waals surface area contributed by atoms with Crippen LogP contribution in [0.3, 0.4) is 0 Å². The normalized spacial score (nSPS) is 16.1. The van der Waals surface area contributed by atoms with Crippen LogP contribution in [0.1, 0.15) is 18.4 Å². The van der Waals surface area contributed by atoms with Gasteiger partial charge in [0.05, 0.1) is 12.7 Å². The minimum absolute atomic E-state index is 0.302. The highest BCUT2D eigenvalue weighted by Crippen LogP contribution is 2.28. The fourth-order valence-corrected chi connectivity index (χ4v) is 2.53. The van der Waals surface area contributed by atoms with Crippen molar-refractivity contribution >= 4 is 11.9 Å². The van der Waals surface area contributed by atoms with Gasteiger partial charge < -0.3 is 20.3 Å². The number of nitrogens with zero attached hydrogens (tertiary/aromatic N) is 2. The Bertz CT molecular complexity index is 529. The van der Waals surface area contributed by atoms with E-state index in [1.807, 2.05) is 0 Å². The zero-order valence-corrected chi connectivity index (χ0v) is 13.4. The lowest BCUT2D eigenvalue weighted by Crippen LogP contribution is -2.45. The van der Waals surface area contributed by atoms with E-state index >= 15 is 0 Å². The number of pyridine rings is 1. The first kappa shape index (κ1) is 18.3. The number of hydrogen-bond acceptors (Lipinski definition) is 5. The van der Waals surface area contributed by atoms with E-state index in [9.17, 15) is 18.0 Å². The predicted octanol–water partition coefficient (Wildman–Crippen LogP) is 2.33. The van der Waals surface area contributed by atoms with E-state index in [4.69, 9.17) is 0 Å². The Balaban J connectivity index is 1.64. The van der Waals surface area contributed by atoms with Crippen LogP contribution in [0, 0.1) is 0 Å². The smallest absolute Gasteiger partial charge is 0.417 e.